The van der Waals surface area contributed by atoms with E-state index in [2.05, 4.69) is 28.3 Å². The van der Waals surface area contributed by atoms with E-state index < -0.39 is 89.7 Å². The van der Waals surface area contributed by atoms with Crippen LogP contribution in [0.5, 0.6) is 0 Å². The van der Waals surface area contributed by atoms with Crippen molar-refractivity contribution in [2.75, 3.05) is 25.6 Å². The molecule has 2 aromatic rings. The van der Waals surface area contributed by atoms with Crippen molar-refractivity contribution in [3.05, 3.63) is 16.7 Å². The molecule has 0 saturated carbocycles. The summed E-state index contributed by atoms with van der Waals surface area (Å²) in [6.07, 6.45) is -10.7. The van der Waals surface area contributed by atoms with Gasteiger partial charge in [0.15, 0.2) is 17.4 Å². The summed E-state index contributed by atoms with van der Waals surface area (Å²) in [5.41, 5.74) is 4.55. The topological polar surface area (TPSA) is 332 Å². The third-order valence-corrected chi connectivity index (χ3v) is 8.39. The number of aliphatic hydroxyl groups is 6. The quantitative estimate of drug-likeness (QED) is 0.114. The van der Waals surface area contributed by atoms with Gasteiger partial charge in [-0.15, -0.1) is 0 Å². The molecule has 0 aliphatic carbocycles. The van der Waals surface area contributed by atoms with Crippen LogP contribution in [-0.2, 0) is 32.0 Å². The van der Waals surface area contributed by atoms with Crippen molar-refractivity contribution < 1.29 is 72.4 Å². The van der Waals surface area contributed by atoms with E-state index in [0.29, 0.717) is 0 Å². The second kappa shape index (κ2) is 10.8. The van der Waals surface area contributed by atoms with Gasteiger partial charge in [0.1, 0.15) is 43.2 Å². The van der Waals surface area contributed by atoms with E-state index in [1.807, 2.05) is 0 Å². The van der Waals surface area contributed by atoms with Crippen LogP contribution in [0.1, 0.15) is 6.23 Å². The first-order valence-corrected chi connectivity index (χ1v) is 13.8. The van der Waals surface area contributed by atoms with Crippen molar-refractivity contribution in [3.8, 4) is 0 Å². The third kappa shape index (κ3) is 6.07. The summed E-state index contributed by atoms with van der Waals surface area (Å²) >= 11 is 0. The van der Waals surface area contributed by atoms with E-state index in [1.54, 1.807) is 0 Å². The van der Waals surface area contributed by atoms with E-state index >= 15 is 0 Å². The molecule has 23 heteroatoms. The number of nitrogen functional groups attached to an aromatic ring is 1. The van der Waals surface area contributed by atoms with Gasteiger partial charge in [0.25, 0.3) is 5.56 Å². The summed E-state index contributed by atoms with van der Waals surface area (Å²) < 4.78 is 48.7. The molecule has 0 bridgehead atoms. The molecule has 0 amide bonds. The number of nitrogens with one attached hydrogen (secondary N) is 1. The molecule has 21 nitrogen and oxygen atoms in total. The van der Waals surface area contributed by atoms with E-state index in [9.17, 15) is 49.2 Å². The molecule has 2 fully saturated rings. The Labute approximate surface area is 216 Å². The molecule has 2 saturated heterocycles. The average molecular weight is 605 g/mol. The van der Waals surface area contributed by atoms with Crippen molar-refractivity contribution in [1.82, 2.24) is 19.5 Å². The molecule has 0 spiro atoms. The third-order valence-electron chi connectivity index (χ3n) is 5.81. The summed E-state index contributed by atoms with van der Waals surface area (Å²) in [5.74, 6) is -3.06. The number of imidazole rings is 1. The number of phosphoric ester groups is 2. The van der Waals surface area contributed by atoms with Crippen molar-refractivity contribution in [2.45, 2.75) is 48.6 Å². The van der Waals surface area contributed by atoms with Crippen molar-refractivity contribution in [3.63, 3.8) is 0 Å². The number of hydrogen-bond acceptors (Lipinski definition) is 17. The highest BCUT2D eigenvalue weighted by molar-refractivity contribution is 7.61. The molecule has 11 N–H and O–H groups in total. The first-order valence-electron chi connectivity index (χ1n) is 10.8. The molecule has 220 valence electrons. The molecule has 4 rings (SSSR count). The zero-order chi connectivity index (χ0) is 28.9. The Morgan fingerprint density at radius 2 is 1.77 bits per heavy atom. The van der Waals surface area contributed by atoms with Gasteiger partial charge in [-0.3, -0.25) is 23.4 Å². The van der Waals surface area contributed by atoms with Gasteiger partial charge < -0.3 is 55.6 Å². The van der Waals surface area contributed by atoms with Crippen LogP contribution in [0.2, 0.25) is 0 Å². The summed E-state index contributed by atoms with van der Waals surface area (Å²) in [6.45, 7) is -3.17. The molecule has 10 atom stereocenters. The predicted molar refractivity (Wildman–Crippen MR) is 120 cm³/mol. The van der Waals surface area contributed by atoms with E-state index in [1.165, 1.54) is 0 Å². The number of rotatable bonds is 10. The maximum Gasteiger partial charge on any atom is 0.481 e. The van der Waals surface area contributed by atoms with Gasteiger partial charge in [-0.1, -0.05) is 0 Å². The monoisotopic (exact) mass is 605 g/mol. The number of H-pyrrole nitrogens is 1. The summed E-state index contributed by atoms with van der Waals surface area (Å²) in [5, 5.41) is 59.5. The molecular weight excluding hydrogens is 580 g/mol. The fraction of sp³-hybridized carbons (Fsp3) is 0.688. The number of fused-ring (bicyclic) bond motifs is 1. The lowest BCUT2D eigenvalue weighted by Crippen LogP contribution is -2.46. The maximum atomic E-state index is 12.2. The Bertz CT molecular complexity index is 1360. The fourth-order valence-electron chi connectivity index (χ4n) is 3.88. The van der Waals surface area contributed by atoms with E-state index in [-0.39, 0.29) is 17.1 Å². The largest absolute Gasteiger partial charge is 0.481 e. The molecule has 2 aliphatic rings. The van der Waals surface area contributed by atoms with Crippen LogP contribution in [0.25, 0.3) is 11.2 Å². The Hall–Kier alpha value is -1.91. The number of aliphatic hydroxyl groups excluding tert-OH is 5. The Kier molecular flexibility index (Phi) is 8.34. The van der Waals surface area contributed by atoms with Crippen LogP contribution < -0.4 is 11.3 Å². The highest BCUT2D eigenvalue weighted by Gasteiger charge is 2.55. The van der Waals surface area contributed by atoms with Gasteiger partial charge in [0.2, 0.25) is 11.7 Å². The lowest BCUT2D eigenvalue weighted by Gasteiger charge is -2.26. The van der Waals surface area contributed by atoms with Crippen LogP contribution >= 0.6 is 15.6 Å². The number of nitrogens with zero attached hydrogens (tertiary/aromatic N) is 3. The Morgan fingerprint density at radius 3 is 2.41 bits per heavy atom. The zero-order valence-corrected chi connectivity index (χ0v) is 21.2. The second-order valence-corrected chi connectivity index (χ2v) is 11.6. The molecule has 4 heterocycles. The molecule has 0 radical (unpaired) electrons. The van der Waals surface area contributed by atoms with Gasteiger partial charge in [-0.25, -0.2) is 14.1 Å². The average Bonchev–Trinajstić information content (AvgIpc) is 3.45. The van der Waals surface area contributed by atoms with Gasteiger partial charge in [-0.2, -0.15) is 9.29 Å². The number of hydrogen-bond donors (Lipinski definition) is 10. The predicted octanol–water partition coefficient (Wildman–Crippen LogP) is -4.63. The van der Waals surface area contributed by atoms with Gasteiger partial charge in [0.05, 0.1) is 19.5 Å². The molecular formula is C16H25N5O16P2. The fourth-order valence-corrected chi connectivity index (χ4v) is 5.99. The number of aromatic nitrogens is 4. The standard InChI is InChI=1S/C16H25N5O16P2/c17-15-19-12-7(13(27)20-15)18-4-21(12)14-10(25)8(23)6(35-14)2-33-38(29,30)37-39(31,32)34-3-16(28)11(26)9(24)5(1-22)36-16/h4-6,8-11,14,22-26,28H,1-3H2,(H,29,30)(H,31,32)(H3,17,19,20,27). The minimum absolute atomic E-state index is 0.112. The summed E-state index contributed by atoms with van der Waals surface area (Å²) in [7, 11) is -11.0. The number of anilines is 1. The first kappa shape index (κ1) is 30.1. The van der Waals surface area contributed by atoms with Gasteiger partial charge >= 0.3 is 15.6 Å². The lowest BCUT2D eigenvalue weighted by molar-refractivity contribution is -0.245. The SMILES string of the molecule is Nc1nc2c(ncn2C2OC(COP(=O)(O)OP(=O)(O)OCC3(O)OC(CO)C(O)C3O)C(O)C2O)c(=O)[nH]1. The number of nitrogens with two attached hydrogens (primary N) is 1. The lowest BCUT2D eigenvalue weighted by atomic mass is 10.1. The van der Waals surface area contributed by atoms with Crippen molar-refractivity contribution in [2.24, 2.45) is 0 Å². The summed E-state index contributed by atoms with van der Waals surface area (Å²) in [4.78, 5) is 41.5. The minimum atomic E-state index is -5.51. The minimum Gasteiger partial charge on any atom is -0.394 e. The number of phosphoric acid groups is 2. The van der Waals surface area contributed by atoms with Crippen molar-refractivity contribution in [1.29, 1.82) is 0 Å². The molecule has 10 unspecified atom stereocenters. The highest BCUT2D eigenvalue weighted by Crippen LogP contribution is 2.61. The van der Waals surface area contributed by atoms with Gasteiger partial charge in [-0.05, 0) is 0 Å². The van der Waals surface area contributed by atoms with Crippen LogP contribution in [0, 0.1) is 0 Å². The number of aromatic amines is 1. The van der Waals surface area contributed by atoms with Crippen LogP contribution in [0.4, 0.5) is 5.95 Å². The number of ether oxygens (including phenoxy) is 2. The van der Waals surface area contributed by atoms with Gasteiger partial charge in [0, 0.05) is 0 Å². The molecule has 2 aromatic heterocycles. The first-order chi connectivity index (χ1) is 18.1. The van der Waals surface area contributed by atoms with Crippen molar-refractivity contribution >= 4 is 32.8 Å². The molecule has 2 aliphatic heterocycles. The second-order valence-electron chi connectivity index (χ2n) is 8.53. The molecule has 39 heavy (non-hydrogen) atoms. The van der Waals surface area contributed by atoms with Crippen LogP contribution in [0.15, 0.2) is 11.1 Å². The highest BCUT2D eigenvalue weighted by atomic mass is 31.3. The Balaban J connectivity index is 1.37. The zero-order valence-electron chi connectivity index (χ0n) is 19.4. The smallest absolute Gasteiger partial charge is 0.394 e. The van der Waals surface area contributed by atoms with Crippen LogP contribution in [0.3, 0.4) is 0 Å². The van der Waals surface area contributed by atoms with E-state index in [4.69, 9.17) is 20.3 Å². The van der Waals surface area contributed by atoms with Crippen LogP contribution in [-0.4, -0.2) is 122 Å². The van der Waals surface area contributed by atoms with E-state index in [0.717, 1.165) is 10.9 Å². The summed E-state index contributed by atoms with van der Waals surface area (Å²) in [6, 6.07) is 0. The molecule has 0 aromatic carbocycles. The Morgan fingerprint density at radius 1 is 1.10 bits per heavy atom. The maximum absolute atomic E-state index is 12.2. The normalized spacial score (nSPS) is 36.3.